The number of hydrogen-bond donors (Lipinski definition) is 2. The van der Waals surface area contributed by atoms with E-state index in [1.165, 1.54) is 0 Å². The third-order valence-electron chi connectivity index (χ3n) is 7.38. The van der Waals surface area contributed by atoms with E-state index < -0.39 is 24.2 Å². The van der Waals surface area contributed by atoms with Crippen LogP contribution in [0.2, 0.25) is 0 Å². The zero-order valence-electron chi connectivity index (χ0n) is 23.6. The summed E-state index contributed by atoms with van der Waals surface area (Å²) in [7, 11) is -0.619. The Labute approximate surface area is 232 Å². The van der Waals surface area contributed by atoms with Crippen molar-refractivity contribution in [3.8, 4) is 0 Å². The lowest BCUT2D eigenvalue weighted by atomic mass is 9.76. The molecule has 0 radical (unpaired) electrons. The standard InChI is InChI=1S/C29H40BClN2O5/c1-9-14-20(17-25(35)19(4)23(10-2)33-27(36)24(18-34)32-8)21-15-12-13-16-22(26(21)31)30-37-28(5,6)29(7,11-3)38-30/h12,14-16,18,34H,8-11,13,17H2,1-7H3,(H,33,36)/b20-14+,23-19?,24-18?. The van der Waals surface area contributed by atoms with Gasteiger partial charge < -0.3 is 19.7 Å². The Hall–Kier alpha value is -2.68. The van der Waals surface area contributed by atoms with E-state index in [0.717, 1.165) is 23.0 Å². The Balaban J connectivity index is 2.41. The fourth-order valence-electron chi connectivity index (χ4n) is 4.39. The molecule has 0 aromatic rings. The number of aliphatic imine (C=N–C) groups is 1. The molecule has 2 aliphatic rings. The quantitative estimate of drug-likeness (QED) is 0.133. The highest BCUT2D eigenvalue weighted by molar-refractivity contribution is 6.60. The predicted octanol–water partition coefficient (Wildman–Crippen LogP) is 6.58. The first kappa shape index (κ1) is 31.5. The number of allylic oxidation sites excluding steroid dienone is 10. The van der Waals surface area contributed by atoms with Crippen molar-refractivity contribution in [1.29, 1.82) is 0 Å². The summed E-state index contributed by atoms with van der Waals surface area (Å²) in [5.74, 6) is -0.794. The third-order valence-corrected chi connectivity index (χ3v) is 7.80. The summed E-state index contributed by atoms with van der Waals surface area (Å²) in [6, 6.07) is 0. The van der Waals surface area contributed by atoms with Gasteiger partial charge in [-0.3, -0.25) is 14.6 Å². The fourth-order valence-corrected chi connectivity index (χ4v) is 4.75. The van der Waals surface area contributed by atoms with Crippen LogP contribution in [0.3, 0.4) is 0 Å². The molecule has 0 spiro atoms. The molecular formula is C29H40BClN2O5. The summed E-state index contributed by atoms with van der Waals surface area (Å²) in [6.07, 6.45) is 11.2. The average Bonchev–Trinajstić information content (AvgIpc) is 2.99. The Kier molecular flexibility index (Phi) is 11.1. The lowest BCUT2D eigenvalue weighted by Gasteiger charge is -2.35. The van der Waals surface area contributed by atoms with Crippen molar-refractivity contribution in [1.82, 2.24) is 5.32 Å². The van der Waals surface area contributed by atoms with E-state index in [1.54, 1.807) is 6.92 Å². The molecule has 38 heavy (non-hydrogen) atoms. The second-order valence-corrected chi connectivity index (χ2v) is 10.4. The number of Topliss-reactive ketones (excluding diaryl/α,β-unsaturated/α-hetero) is 1. The number of carbonyl (C=O) groups excluding carboxylic acids is 2. The van der Waals surface area contributed by atoms with Crippen LogP contribution in [0, 0.1) is 0 Å². The van der Waals surface area contributed by atoms with Crippen molar-refractivity contribution in [3.63, 3.8) is 0 Å². The van der Waals surface area contributed by atoms with Crippen molar-refractivity contribution in [3.05, 3.63) is 69.2 Å². The lowest BCUT2D eigenvalue weighted by Crippen LogP contribution is -2.44. The maximum atomic E-state index is 13.4. The highest BCUT2D eigenvalue weighted by Gasteiger charge is 2.54. The van der Waals surface area contributed by atoms with Gasteiger partial charge in [0.1, 0.15) is 6.26 Å². The average molecular weight is 543 g/mol. The number of nitrogens with one attached hydrogen (secondary N) is 1. The van der Waals surface area contributed by atoms with Crippen molar-refractivity contribution in [2.45, 2.75) is 91.8 Å². The lowest BCUT2D eigenvalue weighted by molar-refractivity contribution is -0.117. The summed E-state index contributed by atoms with van der Waals surface area (Å²) >= 11 is 7.01. The van der Waals surface area contributed by atoms with E-state index in [9.17, 15) is 14.7 Å². The van der Waals surface area contributed by atoms with E-state index in [0.29, 0.717) is 41.8 Å². The molecule has 9 heteroatoms. The van der Waals surface area contributed by atoms with Gasteiger partial charge in [-0.15, -0.1) is 0 Å². The van der Waals surface area contributed by atoms with Crippen LogP contribution >= 0.6 is 11.6 Å². The van der Waals surface area contributed by atoms with Gasteiger partial charge in [0.2, 0.25) is 0 Å². The van der Waals surface area contributed by atoms with Gasteiger partial charge in [0.15, 0.2) is 11.5 Å². The van der Waals surface area contributed by atoms with Gasteiger partial charge in [-0.2, -0.15) is 0 Å². The Morgan fingerprint density at radius 2 is 1.95 bits per heavy atom. The molecule has 206 valence electrons. The van der Waals surface area contributed by atoms with Gasteiger partial charge in [-0.1, -0.05) is 56.7 Å². The van der Waals surface area contributed by atoms with Crippen molar-refractivity contribution >= 4 is 37.1 Å². The van der Waals surface area contributed by atoms with Crippen LogP contribution in [-0.4, -0.2) is 41.8 Å². The SMILES string of the molecule is C=NC(=CO)C(=O)NC(CC)=C(C)C(=O)C/C(=C\CC)C1=C(Cl)C(B2OC(C)(C)C(C)(CC)O2)=CCC=C1. The number of aliphatic hydroxyl groups excluding tert-OH is 1. The van der Waals surface area contributed by atoms with Crippen LogP contribution in [0.15, 0.2) is 74.2 Å². The van der Waals surface area contributed by atoms with Crippen LogP contribution in [0.4, 0.5) is 0 Å². The molecular weight excluding hydrogens is 503 g/mol. The first-order chi connectivity index (χ1) is 17.9. The zero-order chi connectivity index (χ0) is 28.7. The van der Waals surface area contributed by atoms with Gasteiger partial charge in [0.25, 0.3) is 5.91 Å². The molecule has 1 atom stereocenters. The predicted molar refractivity (Wildman–Crippen MR) is 155 cm³/mol. The molecule has 0 aromatic carbocycles. The van der Waals surface area contributed by atoms with Crippen molar-refractivity contribution in [2.75, 3.05) is 0 Å². The summed E-state index contributed by atoms with van der Waals surface area (Å²) in [6.45, 7) is 16.9. The summed E-state index contributed by atoms with van der Waals surface area (Å²) < 4.78 is 12.7. The molecule has 1 fully saturated rings. The summed E-state index contributed by atoms with van der Waals surface area (Å²) in [4.78, 5) is 29.2. The Morgan fingerprint density at radius 1 is 1.26 bits per heavy atom. The zero-order valence-corrected chi connectivity index (χ0v) is 24.4. The van der Waals surface area contributed by atoms with E-state index in [-0.39, 0.29) is 17.9 Å². The second kappa shape index (κ2) is 13.4. The minimum atomic E-state index is -0.637. The van der Waals surface area contributed by atoms with Gasteiger partial charge >= 0.3 is 7.12 Å². The van der Waals surface area contributed by atoms with Gasteiger partial charge in [-0.05, 0) is 76.7 Å². The molecule has 1 saturated heterocycles. The Bertz CT molecular complexity index is 1150. The highest BCUT2D eigenvalue weighted by atomic mass is 35.5. The number of amides is 1. The molecule has 2 rings (SSSR count). The van der Waals surface area contributed by atoms with Crippen LogP contribution in [0.5, 0.6) is 0 Å². The fraction of sp³-hybridized carbons (Fsp3) is 0.483. The highest BCUT2D eigenvalue weighted by Crippen LogP contribution is 2.44. The van der Waals surface area contributed by atoms with E-state index >= 15 is 0 Å². The number of ketones is 1. The molecule has 1 aliphatic carbocycles. The molecule has 0 saturated carbocycles. The molecule has 2 N–H and O–H groups in total. The molecule has 1 heterocycles. The number of halogens is 1. The normalized spacial score (nSPS) is 22.6. The maximum absolute atomic E-state index is 13.4. The van der Waals surface area contributed by atoms with Crippen LogP contribution in [0.1, 0.15) is 80.6 Å². The van der Waals surface area contributed by atoms with E-state index in [2.05, 4.69) is 24.0 Å². The molecule has 1 unspecified atom stereocenters. The second-order valence-electron chi connectivity index (χ2n) is 10.0. The number of nitrogens with zero attached hydrogens (tertiary/aromatic N) is 1. The number of aliphatic hydroxyl groups is 1. The molecule has 0 aromatic heterocycles. The largest absolute Gasteiger partial charge is 0.513 e. The minimum absolute atomic E-state index is 0.0924. The van der Waals surface area contributed by atoms with Gasteiger partial charge in [0.05, 0.1) is 11.2 Å². The topological polar surface area (TPSA) is 97.2 Å². The van der Waals surface area contributed by atoms with Crippen molar-refractivity contribution < 1.29 is 24.0 Å². The molecule has 1 amide bonds. The monoisotopic (exact) mass is 542 g/mol. The minimum Gasteiger partial charge on any atom is -0.513 e. The first-order valence-corrected chi connectivity index (χ1v) is 13.4. The summed E-state index contributed by atoms with van der Waals surface area (Å²) in [5.41, 5.74) is 1.94. The van der Waals surface area contributed by atoms with Crippen LogP contribution in [0.25, 0.3) is 0 Å². The number of hydrogen-bond acceptors (Lipinski definition) is 6. The molecule has 1 aliphatic heterocycles. The number of rotatable bonds is 11. The van der Waals surface area contributed by atoms with Gasteiger partial charge in [-0.25, -0.2) is 0 Å². The van der Waals surface area contributed by atoms with Crippen LogP contribution < -0.4 is 5.32 Å². The smallest absolute Gasteiger partial charge is 0.496 e. The van der Waals surface area contributed by atoms with Crippen molar-refractivity contribution in [2.24, 2.45) is 4.99 Å². The third kappa shape index (κ3) is 6.84. The molecule has 7 nitrogen and oxygen atoms in total. The summed E-state index contributed by atoms with van der Waals surface area (Å²) in [5, 5.41) is 12.3. The van der Waals surface area contributed by atoms with Gasteiger partial charge in [0, 0.05) is 22.7 Å². The molecule has 0 bridgehead atoms. The maximum Gasteiger partial charge on any atom is 0.496 e. The first-order valence-electron chi connectivity index (χ1n) is 13.1. The number of carbonyl (C=O) groups is 2. The Morgan fingerprint density at radius 3 is 2.47 bits per heavy atom. The van der Waals surface area contributed by atoms with E-state index in [4.69, 9.17) is 20.9 Å². The van der Waals surface area contributed by atoms with Crippen LogP contribution in [-0.2, 0) is 18.9 Å². The van der Waals surface area contributed by atoms with E-state index in [1.807, 2.05) is 58.9 Å².